The average Bonchev–Trinajstić information content (AvgIpc) is 3.03. The number of halogens is 1. The molecule has 2 heterocycles. The van der Waals surface area contributed by atoms with Gasteiger partial charge in [-0.2, -0.15) is 5.10 Å². The molecule has 0 unspecified atom stereocenters. The fourth-order valence-corrected chi connectivity index (χ4v) is 2.58. The summed E-state index contributed by atoms with van der Waals surface area (Å²) in [6.07, 6.45) is 1.67. The second kappa shape index (κ2) is 6.22. The zero-order valence-corrected chi connectivity index (χ0v) is 12.8. The minimum atomic E-state index is 0.774. The van der Waals surface area contributed by atoms with Gasteiger partial charge in [-0.05, 0) is 43.3 Å². The molecule has 5 heteroatoms. The van der Waals surface area contributed by atoms with E-state index in [1.54, 1.807) is 6.26 Å². The van der Waals surface area contributed by atoms with Crippen molar-refractivity contribution >= 4 is 23.0 Å². The summed E-state index contributed by atoms with van der Waals surface area (Å²) in [6, 6.07) is 11.8. The number of hydrogen-bond donors (Lipinski definition) is 0. The zero-order chi connectivity index (χ0) is 14.7. The Bertz CT molecular complexity index is 599. The highest BCUT2D eigenvalue weighted by Gasteiger charge is 2.16. The van der Waals surface area contributed by atoms with Crippen molar-refractivity contribution in [3.8, 4) is 0 Å². The largest absolute Gasteiger partial charge is 0.463 e. The number of anilines is 1. The first kappa shape index (κ1) is 14.0. The molecule has 1 saturated heterocycles. The van der Waals surface area contributed by atoms with Crippen molar-refractivity contribution in [2.24, 2.45) is 5.10 Å². The maximum atomic E-state index is 5.93. The number of hydrogen-bond acceptors (Lipinski definition) is 4. The lowest BCUT2D eigenvalue weighted by atomic mass is 10.2. The fraction of sp³-hybridized carbons (Fsp3) is 0.312. The van der Waals surface area contributed by atoms with E-state index in [0.29, 0.717) is 0 Å². The first-order valence-electron chi connectivity index (χ1n) is 7.07. The van der Waals surface area contributed by atoms with Crippen molar-refractivity contribution in [3.05, 3.63) is 53.4 Å². The number of hydrazone groups is 1. The molecular formula is C16H18ClN3O. The maximum absolute atomic E-state index is 5.93. The fourth-order valence-electron chi connectivity index (χ4n) is 2.45. The highest BCUT2D eigenvalue weighted by molar-refractivity contribution is 6.30. The summed E-state index contributed by atoms with van der Waals surface area (Å²) >= 11 is 5.93. The minimum Gasteiger partial charge on any atom is -0.463 e. The molecule has 1 fully saturated rings. The standard InChI is InChI=1S/C16H18ClN3O/c1-13(16-3-2-12-21-16)18-20-10-8-19(9-11-20)15-6-4-14(17)5-7-15/h2-7,12H,8-11H2,1H3/b18-13-. The number of piperazine rings is 1. The van der Waals surface area contributed by atoms with E-state index in [2.05, 4.69) is 27.1 Å². The van der Waals surface area contributed by atoms with Crippen LogP contribution >= 0.6 is 11.6 Å². The molecule has 1 aromatic heterocycles. The number of rotatable bonds is 3. The Morgan fingerprint density at radius 3 is 2.43 bits per heavy atom. The summed E-state index contributed by atoms with van der Waals surface area (Å²) in [5.41, 5.74) is 2.13. The summed E-state index contributed by atoms with van der Waals surface area (Å²) < 4.78 is 5.36. The van der Waals surface area contributed by atoms with Crippen molar-refractivity contribution < 1.29 is 4.42 Å². The van der Waals surface area contributed by atoms with Gasteiger partial charge in [-0.25, -0.2) is 0 Å². The molecule has 0 N–H and O–H groups in total. The summed E-state index contributed by atoms with van der Waals surface area (Å²) in [4.78, 5) is 2.35. The Kier molecular flexibility index (Phi) is 4.15. The second-order valence-electron chi connectivity index (χ2n) is 5.08. The lowest BCUT2D eigenvalue weighted by Crippen LogP contribution is -2.44. The highest BCUT2D eigenvalue weighted by Crippen LogP contribution is 2.19. The van der Waals surface area contributed by atoms with Gasteiger partial charge < -0.3 is 9.32 Å². The zero-order valence-electron chi connectivity index (χ0n) is 12.0. The Balaban J connectivity index is 1.60. The Morgan fingerprint density at radius 2 is 1.81 bits per heavy atom. The third-order valence-corrected chi connectivity index (χ3v) is 3.87. The van der Waals surface area contributed by atoms with Crippen molar-refractivity contribution in [3.63, 3.8) is 0 Å². The van der Waals surface area contributed by atoms with Gasteiger partial charge in [-0.1, -0.05) is 11.6 Å². The lowest BCUT2D eigenvalue weighted by Gasteiger charge is -2.34. The van der Waals surface area contributed by atoms with Crippen LogP contribution in [0, 0.1) is 0 Å². The second-order valence-corrected chi connectivity index (χ2v) is 5.52. The number of benzene rings is 1. The van der Waals surface area contributed by atoms with Crippen LogP contribution in [0.2, 0.25) is 5.02 Å². The molecule has 0 aliphatic carbocycles. The first-order valence-corrected chi connectivity index (χ1v) is 7.45. The average molecular weight is 304 g/mol. The van der Waals surface area contributed by atoms with Crippen molar-refractivity contribution in [1.82, 2.24) is 5.01 Å². The molecule has 2 aromatic rings. The van der Waals surface area contributed by atoms with Crippen molar-refractivity contribution in [2.75, 3.05) is 31.1 Å². The van der Waals surface area contributed by atoms with Crippen molar-refractivity contribution in [1.29, 1.82) is 0 Å². The summed E-state index contributed by atoms with van der Waals surface area (Å²) in [6.45, 7) is 5.69. The predicted molar refractivity (Wildman–Crippen MR) is 86.2 cm³/mol. The molecule has 110 valence electrons. The van der Waals surface area contributed by atoms with Crippen molar-refractivity contribution in [2.45, 2.75) is 6.92 Å². The van der Waals surface area contributed by atoms with Gasteiger partial charge in [-0.15, -0.1) is 0 Å². The lowest BCUT2D eigenvalue weighted by molar-refractivity contribution is 0.270. The van der Waals surface area contributed by atoms with Crippen LogP contribution in [0.5, 0.6) is 0 Å². The van der Waals surface area contributed by atoms with E-state index >= 15 is 0 Å². The topological polar surface area (TPSA) is 32.0 Å². The van der Waals surface area contributed by atoms with E-state index in [-0.39, 0.29) is 0 Å². The van der Waals surface area contributed by atoms with Crippen LogP contribution in [0.25, 0.3) is 0 Å². The molecule has 0 spiro atoms. The molecule has 4 nitrogen and oxygen atoms in total. The Hall–Kier alpha value is -1.94. The molecule has 0 atom stereocenters. The Morgan fingerprint density at radius 1 is 1.10 bits per heavy atom. The van der Waals surface area contributed by atoms with Gasteiger partial charge in [0.15, 0.2) is 0 Å². The summed E-state index contributed by atoms with van der Waals surface area (Å²) in [7, 11) is 0. The van der Waals surface area contributed by atoms with Crippen LogP contribution < -0.4 is 4.90 Å². The van der Waals surface area contributed by atoms with Crippen LogP contribution in [0.1, 0.15) is 12.7 Å². The van der Waals surface area contributed by atoms with Crippen LogP contribution in [-0.2, 0) is 0 Å². The van der Waals surface area contributed by atoms with E-state index < -0.39 is 0 Å². The van der Waals surface area contributed by atoms with E-state index in [1.807, 2.05) is 31.2 Å². The molecule has 0 radical (unpaired) electrons. The molecule has 1 aliphatic heterocycles. The smallest absolute Gasteiger partial charge is 0.149 e. The SMILES string of the molecule is C/C(=N/N1CCN(c2ccc(Cl)cc2)CC1)c1ccco1. The van der Waals surface area contributed by atoms with Gasteiger partial charge in [0, 0.05) is 23.8 Å². The van der Waals surface area contributed by atoms with Gasteiger partial charge in [0.25, 0.3) is 0 Å². The Labute approximate surface area is 129 Å². The molecule has 3 rings (SSSR count). The van der Waals surface area contributed by atoms with Crippen LogP contribution in [-0.4, -0.2) is 36.9 Å². The van der Waals surface area contributed by atoms with Gasteiger partial charge in [0.2, 0.25) is 0 Å². The monoisotopic (exact) mass is 303 g/mol. The van der Waals surface area contributed by atoms with Crippen LogP contribution in [0.3, 0.4) is 0 Å². The number of furan rings is 1. The molecule has 1 aromatic carbocycles. The normalized spacial score (nSPS) is 16.4. The summed E-state index contributed by atoms with van der Waals surface area (Å²) in [5.74, 6) is 0.829. The highest BCUT2D eigenvalue weighted by atomic mass is 35.5. The van der Waals surface area contributed by atoms with E-state index in [9.17, 15) is 0 Å². The molecule has 1 aliphatic rings. The molecular weight excluding hydrogens is 286 g/mol. The summed E-state index contributed by atoms with van der Waals surface area (Å²) in [5, 5.41) is 7.50. The van der Waals surface area contributed by atoms with Crippen LogP contribution in [0.4, 0.5) is 5.69 Å². The van der Waals surface area contributed by atoms with Gasteiger partial charge in [0.1, 0.15) is 5.76 Å². The third-order valence-electron chi connectivity index (χ3n) is 3.62. The quantitative estimate of drug-likeness (QED) is 0.814. The third kappa shape index (κ3) is 3.39. The van der Waals surface area contributed by atoms with E-state index in [0.717, 1.165) is 42.7 Å². The van der Waals surface area contributed by atoms with Crippen LogP contribution in [0.15, 0.2) is 52.2 Å². The van der Waals surface area contributed by atoms with Gasteiger partial charge >= 0.3 is 0 Å². The van der Waals surface area contributed by atoms with Gasteiger partial charge in [0.05, 0.1) is 25.1 Å². The van der Waals surface area contributed by atoms with E-state index in [4.69, 9.17) is 16.0 Å². The molecule has 0 saturated carbocycles. The van der Waals surface area contributed by atoms with Gasteiger partial charge in [-0.3, -0.25) is 5.01 Å². The number of nitrogens with zero attached hydrogens (tertiary/aromatic N) is 3. The first-order chi connectivity index (χ1) is 10.2. The molecule has 0 bridgehead atoms. The maximum Gasteiger partial charge on any atom is 0.149 e. The molecule has 21 heavy (non-hydrogen) atoms. The molecule has 0 amide bonds. The predicted octanol–water partition coefficient (Wildman–Crippen LogP) is 3.48. The minimum absolute atomic E-state index is 0.774. The van der Waals surface area contributed by atoms with E-state index in [1.165, 1.54) is 5.69 Å².